The second kappa shape index (κ2) is 14.1. The Morgan fingerprint density at radius 3 is 2.44 bits per heavy atom. The molecule has 4 aromatic rings. The van der Waals surface area contributed by atoms with E-state index in [1.807, 2.05) is 48.3 Å². The molecule has 1 aromatic heterocycles. The molecule has 0 spiro atoms. The van der Waals surface area contributed by atoms with Crippen molar-refractivity contribution in [3.63, 3.8) is 0 Å². The molecule has 3 atom stereocenters. The van der Waals surface area contributed by atoms with Gasteiger partial charge in [0.25, 0.3) is 11.8 Å². The molecule has 1 saturated heterocycles. The number of carbonyl (C=O) groups excluding carboxylic acids is 2. The van der Waals surface area contributed by atoms with E-state index >= 15 is 0 Å². The smallest absolute Gasteiger partial charge is 0.390 e. The van der Waals surface area contributed by atoms with E-state index in [9.17, 15) is 27.9 Å². The fraction of sp³-hybridized carbons (Fsp3) is 0.324. The van der Waals surface area contributed by atoms with E-state index in [1.54, 1.807) is 41.2 Å². The van der Waals surface area contributed by atoms with Crippen LogP contribution >= 0.6 is 0 Å². The molecule has 2 heterocycles. The van der Waals surface area contributed by atoms with Gasteiger partial charge >= 0.3 is 6.18 Å². The van der Waals surface area contributed by atoms with Crippen LogP contribution in [0.3, 0.4) is 0 Å². The summed E-state index contributed by atoms with van der Waals surface area (Å²) in [6.45, 7) is 0.730. The van der Waals surface area contributed by atoms with E-state index in [1.165, 1.54) is 6.07 Å². The molecule has 236 valence electrons. The van der Waals surface area contributed by atoms with Gasteiger partial charge in [-0.25, -0.2) is 0 Å². The number of halogens is 3. The van der Waals surface area contributed by atoms with Gasteiger partial charge in [-0.05, 0) is 60.7 Å². The molecule has 1 aliphatic rings. The number of nitrogens with zero attached hydrogens (tertiary/aromatic N) is 3. The van der Waals surface area contributed by atoms with Crippen LogP contribution in [0, 0.1) is 0 Å². The highest BCUT2D eigenvalue weighted by atomic mass is 19.4. The maximum atomic E-state index is 13.6. The zero-order valence-corrected chi connectivity index (χ0v) is 24.9. The third kappa shape index (κ3) is 7.98. The number of amides is 2. The Hall–Kier alpha value is -4.48. The zero-order chi connectivity index (χ0) is 32.0. The fourth-order valence-corrected chi connectivity index (χ4v) is 5.75. The standard InChI is InChI=1S/C34H36F3N5O3/c1-41-29(15-16-39-41)30-14-7-17-42(30)33(45)26-12-6-11-25(20-26)32(44)40-28(19-23-8-3-2-4-9-23)31(43)22-38-21-24-10-5-13-27(18-24)34(35,36)37/h2-6,8-13,15-16,18,20,28,30-31,38,43H,7,14,17,19,21-22H2,1H3,(H,40,44)/t28-,30?,31-/m0/s1. The van der Waals surface area contributed by atoms with Crippen molar-refractivity contribution in [3.05, 3.63) is 125 Å². The lowest BCUT2D eigenvalue weighted by molar-refractivity contribution is -0.137. The number of likely N-dealkylation sites (tertiary alicyclic amines) is 1. The van der Waals surface area contributed by atoms with Gasteiger partial charge in [0.05, 0.1) is 29.4 Å². The van der Waals surface area contributed by atoms with E-state index in [0.717, 1.165) is 36.2 Å². The number of aliphatic hydroxyl groups is 1. The van der Waals surface area contributed by atoms with Crippen LogP contribution in [0.4, 0.5) is 13.2 Å². The Balaban J connectivity index is 1.27. The summed E-state index contributed by atoms with van der Waals surface area (Å²) in [5, 5.41) is 21.3. The number of alkyl halides is 3. The second-order valence-corrected chi connectivity index (χ2v) is 11.3. The summed E-state index contributed by atoms with van der Waals surface area (Å²) in [4.78, 5) is 28.9. The van der Waals surface area contributed by atoms with Crippen LogP contribution in [0.2, 0.25) is 0 Å². The number of hydrogen-bond donors (Lipinski definition) is 3. The number of aryl methyl sites for hydroxylation is 1. The Kier molecular flexibility index (Phi) is 9.99. The van der Waals surface area contributed by atoms with E-state index in [0.29, 0.717) is 24.1 Å². The molecule has 0 bridgehead atoms. The third-order valence-corrected chi connectivity index (χ3v) is 8.10. The van der Waals surface area contributed by atoms with Crippen LogP contribution in [0.15, 0.2) is 91.1 Å². The number of rotatable bonds is 11. The molecule has 3 N–H and O–H groups in total. The van der Waals surface area contributed by atoms with Crippen LogP contribution < -0.4 is 10.6 Å². The minimum absolute atomic E-state index is 0.0247. The van der Waals surface area contributed by atoms with Crippen molar-refractivity contribution in [1.82, 2.24) is 25.3 Å². The van der Waals surface area contributed by atoms with Gasteiger partial charge in [-0.1, -0.05) is 54.6 Å². The van der Waals surface area contributed by atoms with Gasteiger partial charge in [-0.2, -0.15) is 18.3 Å². The van der Waals surface area contributed by atoms with E-state index in [2.05, 4.69) is 15.7 Å². The maximum absolute atomic E-state index is 13.6. The maximum Gasteiger partial charge on any atom is 0.416 e. The first kappa shape index (κ1) is 31.9. The first-order valence-corrected chi connectivity index (χ1v) is 14.9. The lowest BCUT2D eigenvalue weighted by atomic mass is 10.00. The number of aromatic nitrogens is 2. The molecule has 5 rings (SSSR count). The van der Waals surface area contributed by atoms with Crippen LogP contribution in [0.1, 0.15) is 62.0 Å². The quantitative estimate of drug-likeness (QED) is 0.222. The average Bonchev–Trinajstić information content (AvgIpc) is 3.69. The molecule has 45 heavy (non-hydrogen) atoms. The predicted molar refractivity (Wildman–Crippen MR) is 163 cm³/mol. The summed E-state index contributed by atoms with van der Waals surface area (Å²) in [6.07, 6.45) is -1.79. The summed E-state index contributed by atoms with van der Waals surface area (Å²) >= 11 is 0. The summed E-state index contributed by atoms with van der Waals surface area (Å²) < 4.78 is 41.1. The molecule has 0 radical (unpaired) electrons. The third-order valence-electron chi connectivity index (χ3n) is 8.10. The number of carbonyl (C=O) groups is 2. The van der Waals surface area contributed by atoms with Crippen LogP contribution in [0.25, 0.3) is 0 Å². The summed E-state index contributed by atoms with van der Waals surface area (Å²) in [5.74, 6) is -0.625. The predicted octanol–water partition coefficient (Wildman–Crippen LogP) is 4.91. The average molecular weight is 620 g/mol. The highest BCUT2D eigenvalue weighted by molar-refractivity contribution is 6.00. The second-order valence-electron chi connectivity index (χ2n) is 11.3. The molecular formula is C34H36F3N5O3. The molecular weight excluding hydrogens is 583 g/mol. The Morgan fingerprint density at radius 1 is 0.978 bits per heavy atom. The number of nitrogens with one attached hydrogen (secondary N) is 2. The van der Waals surface area contributed by atoms with Gasteiger partial charge < -0.3 is 20.6 Å². The van der Waals surface area contributed by atoms with Gasteiger partial charge in [0.15, 0.2) is 0 Å². The highest BCUT2D eigenvalue weighted by Crippen LogP contribution is 2.33. The molecule has 8 nitrogen and oxygen atoms in total. The number of benzene rings is 3. The molecule has 1 aliphatic heterocycles. The lowest BCUT2D eigenvalue weighted by Gasteiger charge is -2.26. The van der Waals surface area contributed by atoms with Crippen molar-refractivity contribution in [2.75, 3.05) is 13.1 Å². The largest absolute Gasteiger partial charge is 0.416 e. The fourth-order valence-electron chi connectivity index (χ4n) is 5.75. The molecule has 0 saturated carbocycles. The Morgan fingerprint density at radius 2 is 1.71 bits per heavy atom. The van der Waals surface area contributed by atoms with E-state index in [-0.39, 0.29) is 30.6 Å². The van der Waals surface area contributed by atoms with Gasteiger partial charge in [-0.15, -0.1) is 0 Å². The van der Waals surface area contributed by atoms with Gasteiger partial charge in [0.1, 0.15) is 0 Å². The normalized spacial score (nSPS) is 16.4. The van der Waals surface area contributed by atoms with Crippen molar-refractivity contribution in [1.29, 1.82) is 0 Å². The Labute approximate surface area is 259 Å². The van der Waals surface area contributed by atoms with Crippen LogP contribution in [-0.2, 0) is 26.2 Å². The zero-order valence-electron chi connectivity index (χ0n) is 24.9. The molecule has 11 heteroatoms. The number of hydrogen-bond acceptors (Lipinski definition) is 5. The first-order valence-electron chi connectivity index (χ1n) is 14.9. The van der Waals surface area contributed by atoms with Crippen molar-refractivity contribution in [3.8, 4) is 0 Å². The van der Waals surface area contributed by atoms with Gasteiger partial charge in [-0.3, -0.25) is 14.3 Å². The lowest BCUT2D eigenvalue weighted by Crippen LogP contribution is -2.48. The Bertz CT molecular complexity index is 1610. The molecule has 1 fully saturated rings. The SMILES string of the molecule is Cn1nccc1C1CCCN1C(=O)c1cccc(C(=O)N[C@@H](Cc2ccccc2)[C@@H](O)CNCc2cccc(C(F)(F)F)c2)c1. The summed E-state index contributed by atoms with van der Waals surface area (Å²) in [7, 11) is 1.85. The minimum atomic E-state index is -4.45. The topological polar surface area (TPSA) is 99.5 Å². The van der Waals surface area contributed by atoms with Gasteiger partial charge in [0.2, 0.25) is 0 Å². The van der Waals surface area contributed by atoms with E-state index in [4.69, 9.17) is 0 Å². The van der Waals surface area contributed by atoms with Crippen molar-refractivity contribution in [2.45, 2.75) is 50.2 Å². The highest BCUT2D eigenvalue weighted by Gasteiger charge is 2.33. The molecule has 0 aliphatic carbocycles. The molecule has 2 amide bonds. The molecule has 1 unspecified atom stereocenters. The van der Waals surface area contributed by atoms with Crippen molar-refractivity contribution < 1.29 is 27.9 Å². The first-order chi connectivity index (χ1) is 21.6. The minimum Gasteiger partial charge on any atom is -0.390 e. The summed E-state index contributed by atoms with van der Waals surface area (Å²) in [5.41, 5.74) is 2.19. The van der Waals surface area contributed by atoms with Crippen LogP contribution in [-0.4, -0.2) is 56.8 Å². The summed E-state index contributed by atoms with van der Waals surface area (Å²) in [6, 6.07) is 22.0. The van der Waals surface area contributed by atoms with Gasteiger partial charge in [0, 0.05) is 44.0 Å². The van der Waals surface area contributed by atoms with E-state index < -0.39 is 29.8 Å². The monoisotopic (exact) mass is 619 g/mol. The van der Waals surface area contributed by atoms with Crippen LogP contribution in [0.5, 0.6) is 0 Å². The van der Waals surface area contributed by atoms with Crippen molar-refractivity contribution >= 4 is 11.8 Å². The molecule has 3 aromatic carbocycles. The number of aliphatic hydroxyl groups excluding tert-OH is 1. The van der Waals surface area contributed by atoms with Crippen molar-refractivity contribution in [2.24, 2.45) is 7.05 Å².